The third kappa shape index (κ3) is 6.92. The Hall–Kier alpha value is -4.29. The van der Waals surface area contributed by atoms with E-state index in [1.165, 1.54) is 17.8 Å². The standard InChI is InChI=1S/C35H33ClFN3O4/c1-2-32(41)34(35(42)43)40-19-25-14-30(36)24(15-33(25)44-20-22-12-21(16-38)17-39-18-22)13-23-10-11-28-26(23)7-5-8-27(28)29-6-3-4-9-31(29)37/h3-9,12,14-15,17-18,23,32,34,40-41H,2,10-11,13,19-20H2,1H3,(H,42,43)/t23-,32?,34?/m1/s1. The van der Waals surface area contributed by atoms with Crippen LogP contribution in [0.15, 0.2) is 73.1 Å². The van der Waals surface area contributed by atoms with Crippen LogP contribution in [0.1, 0.15) is 59.1 Å². The Morgan fingerprint density at radius 3 is 2.70 bits per heavy atom. The number of pyridine rings is 1. The summed E-state index contributed by atoms with van der Waals surface area (Å²) >= 11 is 6.83. The zero-order valence-corrected chi connectivity index (χ0v) is 25.0. The fourth-order valence-electron chi connectivity index (χ4n) is 5.85. The van der Waals surface area contributed by atoms with Crippen LogP contribution in [0.3, 0.4) is 0 Å². The van der Waals surface area contributed by atoms with Gasteiger partial charge in [0.05, 0.1) is 11.7 Å². The lowest BCUT2D eigenvalue weighted by molar-refractivity contribution is -0.142. The normalized spacial score (nSPS) is 15.3. The predicted molar refractivity (Wildman–Crippen MR) is 166 cm³/mol. The second kappa shape index (κ2) is 14.0. The van der Waals surface area contributed by atoms with Gasteiger partial charge in [0.25, 0.3) is 0 Å². The minimum atomic E-state index is -1.17. The van der Waals surface area contributed by atoms with E-state index in [-0.39, 0.29) is 31.3 Å². The number of aromatic nitrogens is 1. The van der Waals surface area contributed by atoms with Gasteiger partial charge >= 0.3 is 5.97 Å². The number of benzene rings is 3. The number of hydrogen-bond donors (Lipinski definition) is 3. The zero-order chi connectivity index (χ0) is 31.2. The second-order valence-electron chi connectivity index (χ2n) is 11.0. The van der Waals surface area contributed by atoms with Crippen LogP contribution in [-0.2, 0) is 30.8 Å². The largest absolute Gasteiger partial charge is 0.489 e. The van der Waals surface area contributed by atoms with Crippen molar-refractivity contribution in [3.8, 4) is 22.9 Å². The first kappa shape index (κ1) is 31.1. The summed E-state index contributed by atoms with van der Waals surface area (Å²) in [5.41, 5.74) is 6.45. The Bertz CT molecular complexity index is 1710. The number of fused-ring (bicyclic) bond motifs is 1. The van der Waals surface area contributed by atoms with Crippen LogP contribution < -0.4 is 10.1 Å². The molecule has 9 heteroatoms. The predicted octanol–water partition coefficient (Wildman–Crippen LogP) is 6.58. The van der Waals surface area contributed by atoms with Crippen molar-refractivity contribution in [3.05, 3.63) is 117 Å². The summed E-state index contributed by atoms with van der Waals surface area (Å²) in [5.74, 6) is -0.726. The number of nitrogens with one attached hydrogen (secondary N) is 1. The monoisotopic (exact) mass is 613 g/mol. The highest BCUT2D eigenvalue weighted by Crippen LogP contribution is 2.42. The Balaban J connectivity index is 1.43. The molecule has 2 unspecified atom stereocenters. The maximum Gasteiger partial charge on any atom is 0.323 e. The molecule has 0 saturated heterocycles. The van der Waals surface area contributed by atoms with E-state index < -0.39 is 18.1 Å². The van der Waals surface area contributed by atoms with Crippen molar-refractivity contribution in [2.45, 2.75) is 63.8 Å². The Morgan fingerprint density at radius 2 is 1.95 bits per heavy atom. The van der Waals surface area contributed by atoms with Crippen LogP contribution in [0.4, 0.5) is 4.39 Å². The molecule has 44 heavy (non-hydrogen) atoms. The third-order valence-corrected chi connectivity index (χ3v) is 8.51. The molecule has 1 heterocycles. The van der Waals surface area contributed by atoms with Crippen LogP contribution in [0.25, 0.3) is 11.1 Å². The molecule has 3 atom stereocenters. The first-order chi connectivity index (χ1) is 21.3. The molecule has 0 aliphatic heterocycles. The number of halogens is 2. The van der Waals surface area contributed by atoms with Crippen LogP contribution in [-0.4, -0.2) is 33.3 Å². The number of aliphatic hydroxyl groups is 1. The van der Waals surface area contributed by atoms with Gasteiger partial charge in [-0.3, -0.25) is 15.1 Å². The van der Waals surface area contributed by atoms with Gasteiger partial charge in [-0.05, 0) is 78.1 Å². The molecule has 1 aliphatic rings. The van der Waals surface area contributed by atoms with Gasteiger partial charge in [0.2, 0.25) is 0 Å². The summed E-state index contributed by atoms with van der Waals surface area (Å²) in [4.78, 5) is 15.9. The lowest BCUT2D eigenvalue weighted by Gasteiger charge is -2.21. The van der Waals surface area contributed by atoms with Gasteiger partial charge in [0, 0.05) is 40.7 Å². The van der Waals surface area contributed by atoms with Crippen LogP contribution in [0.5, 0.6) is 5.75 Å². The van der Waals surface area contributed by atoms with Gasteiger partial charge in [-0.1, -0.05) is 54.9 Å². The van der Waals surface area contributed by atoms with Crippen molar-refractivity contribution in [1.29, 1.82) is 5.26 Å². The molecule has 0 radical (unpaired) electrons. The van der Waals surface area contributed by atoms with Gasteiger partial charge in [-0.15, -0.1) is 0 Å². The van der Waals surface area contributed by atoms with Gasteiger partial charge in [-0.2, -0.15) is 5.26 Å². The number of carbonyl (C=O) groups is 1. The molecule has 1 aliphatic carbocycles. The topological polar surface area (TPSA) is 115 Å². The molecule has 0 fully saturated rings. The number of aliphatic carboxylic acids is 1. The maximum atomic E-state index is 14.7. The SMILES string of the molecule is CCC(O)C(NCc1cc(Cl)c(C[C@H]2CCc3c(-c4ccccc4F)cccc32)cc1OCc1cncc(C#N)c1)C(=O)O. The number of carboxylic acid groups (broad SMARTS) is 1. The second-order valence-corrected chi connectivity index (χ2v) is 11.4. The molecule has 5 rings (SSSR count). The molecule has 0 spiro atoms. The highest BCUT2D eigenvalue weighted by atomic mass is 35.5. The summed E-state index contributed by atoms with van der Waals surface area (Å²) in [6.07, 6.45) is 4.65. The summed E-state index contributed by atoms with van der Waals surface area (Å²) in [6, 6.07) is 19.1. The lowest BCUT2D eigenvalue weighted by atomic mass is 9.90. The van der Waals surface area contributed by atoms with Crippen molar-refractivity contribution in [2.75, 3.05) is 0 Å². The fraction of sp³-hybridized carbons (Fsp3) is 0.286. The molecule has 4 aromatic rings. The molecule has 3 aromatic carbocycles. The third-order valence-electron chi connectivity index (χ3n) is 8.15. The van der Waals surface area contributed by atoms with E-state index >= 15 is 0 Å². The minimum Gasteiger partial charge on any atom is -0.489 e. The number of ether oxygens (including phenoxy) is 1. The van der Waals surface area contributed by atoms with Gasteiger partial charge in [0.1, 0.15) is 30.3 Å². The van der Waals surface area contributed by atoms with E-state index in [2.05, 4.69) is 22.4 Å². The molecule has 0 bridgehead atoms. The average molecular weight is 614 g/mol. The van der Waals surface area contributed by atoms with E-state index in [1.54, 1.807) is 31.3 Å². The molecule has 3 N–H and O–H groups in total. The highest BCUT2D eigenvalue weighted by molar-refractivity contribution is 6.31. The molecule has 1 aromatic heterocycles. The molecule has 226 valence electrons. The quantitative estimate of drug-likeness (QED) is 0.165. The summed E-state index contributed by atoms with van der Waals surface area (Å²) < 4.78 is 20.9. The summed E-state index contributed by atoms with van der Waals surface area (Å²) in [5, 5.41) is 32.6. The highest BCUT2D eigenvalue weighted by Gasteiger charge is 2.28. The van der Waals surface area contributed by atoms with E-state index in [1.807, 2.05) is 30.3 Å². The van der Waals surface area contributed by atoms with E-state index in [9.17, 15) is 24.7 Å². The molecule has 0 saturated carbocycles. The van der Waals surface area contributed by atoms with Crippen LogP contribution in [0, 0.1) is 17.1 Å². The van der Waals surface area contributed by atoms with Crippen molar-refractivity contribution < 1.29 is 24.1 Å². The number of aliphatic hydroxyl groups excluding tert-OH is 1. The Morgan fingerprint density at radius 1 is 1.16 bits per heavy atom. The average Bonchev–Trinajstić information content (AvgIpc) is 3.44. The number of nitrogens with zero attached hydrogens (tertiary/aromatic N) is 2. The van der Waals surface area contributed by atoms with Crippen LogP contribution in [0.2, 0.25) is 5.02 Å². The molecular weight excluding hydrogens is 581 g/mol. The molecular formula is C35H33ClFN3O4. The number of carboxylic acids is 1. The van der Waals surface area contributed by atoms with Crippen molar-refractivity contribution in [1.82, 2.24) is 10.3 Å². The Kier molecular flexibility index (Phi) is 9.91. The molecule has 7 nitrogen and oxygen atoms in total. The fourth-order valence-corrected chi connectivity index (χ4v) is 6.11. The summed E-state index contributed by atoms with van der Waals surface area (Å²) in [6.45, 7) is 1.94. The van der Waals surface area contributed by atoms with E-state index in [4.69, 9.17) is 16.3 Å². The minimum absolute atomic E-state index is 0.0953. The lowest BCUT2D eigenvalue weighted by Crippen LogP contribution is -2.45. The van der Waals surface area contributed by atoms with Gasteiger partial charge < -0.3 is 14.9 Å². The Labute approximate surface area is 260 Å². The summed E-state index contributed by atoms with van der Waals surface area (Å²) in [7, 11) is 0. The first-order valence-electron chi connectivity index (χ1n) is 14.6. The number of rotatable bonds is 12. The smallest absolute Gasteiger partial charge is 0.323 e. The molecule has 0 amide bonds. The van der Waals surface area contributed by atoms with Crippen molar-refractivity contribution >= 4 is 17.6 Å². The van der Waals surface area contributed by atoms with Crippen molar-refractivity contribution in [2.24, 2.45) is 0 Å². The van der Waals surface area contributed by atoms with Crippen LogP contribution >= 0.6 is 11.6 Å². The van der Waals surface area contributed by atoms with Crippen molar-refractivity contribution in [3.63, 3.8) is 0 Å². The maximum absolute atomic E-state index is 14.7. The number of nitriles is 1. The zero-order valence-electron chi connectivity index (χ0n) is 24.3. The number of hydrogen-bond acceptors (Lipinski definition) is 6. The van der Waals surface area contributed by atoms with Gasteiger partial charge in [-0.25, -0.2) is 4.39 Å². The van der Waals surface area contributed by atoms with Gasteiger partial charge in [0.15, 0.2) is 0 Å². The first-order valence-corrected chi connectivity index (χ1v) is 15.0. The van der Waals surface area contributed by atoms with E-state index in [0.29, 0.717) is 39.4 Å². The van der Waals surface area contributed by atoms with E-state index in [0.717, 1.165) is 29.5 Å².